The number of hydrogen-bond acceptors (Lipinski definition) is 3. The normalized spacial score (nSPS) is 31.1. The standard InChI is InChI=1S/C14H17N3O/c1-9-11-5-6-17(14(11)16-8-15-9)13-7-10-3-2-4-12(10)18-13/h5-6,8,10,12-13H,2-4,7H2,1H3. The van der Waals surface area contributed by atoms with Gasteiger partial charge in [-0.25, -0.2) is 9.97 Å². The van der Waals surface area contributed by atoms with Crippen LogP contribution in [0.25, 0.3) is 11.0 Å². The molecule has 1 saturated carbocycles. The van der Waals surface area contributed by atoms with Gasteiger partial charge in [0.2, 0.25) is 0 Å². The summed E-state index contributed by atoms with van der Waals surface area (Å²) in [7, 11) is 0. The van der Waals surface area contributed by atoms with Crippen molar-refractivity contribution in [3.05, 3.63) is 24.3 Å². The zero-order valence-electron chi connectivity index (χ0n) is 10.5. The summed E-state index contributed by atoms with van der Waals surface area (Å²) in [5.74, 6) is 0.760. The molecule has 94 valence electrons. The van der Waals surface area contributed by atoms with E-state index in [1.54, 1.807) is 6.33 Å². The van der Waals surface area contributed by atoms with Crippen molar-refractivity contribution in [3.8, 4) is 0 Å². The van der Waals surface area contributed by atoms with Crippen LogP contribution >= 0.6 is 0 Å². The molecule has 2 aliphatic rings. The van der Waals surface area contributed by atoms with E-state index >= 15 is 0 Å². The van der Waals surface area contributed by atoms with Crippen LogP contribution in [0.1, 0.15) is 37.6 Å². The third kappa shape index (κ3) is 1.42. The fourth-order valence-electron chi connectivity index (χ4n) is 3.48. The van der Waals surface area contributed by atoms with Crippen LogP contribution in [0, 0.1) is 12.8 Å². The van der Waals surface area contributed by atoms with Gasteiger partial charge in [-0.3, -0.25) is 0 Å². The summed E-state index contributed by atoms with van der Waals surface area (Å²) in [6.45, 7) is 2.03. The van der Waals surface area contributed by atoms with E-state index in [0.717, 1.165) is 29.1 Å². The lowest BCUT2D eigenvalue weighted by atomic mass is 10.0. The molecule has 4 rings (SSSR count). The Morgan fingerprint density at radius 3 is 3.17 bits per heavy atom. The second-order valence-corrected chi connectivity index (χ2v) is 5.48. The molecule has 2 aromatic heterocycles. The van der Waals surface area contributed by atoms with E-state index < -0.39 is 0 Å². The first kappa shape index (κ1) is 10.5. The molecule has 1 saturated heterocycles. The molecule has 0 aromatic carbocycles. The summed E-state index contributed by atoms with van der Waals surface area (Å²) in [5.41, 5.74) is 2.05. The van der Waals surface area contributed by atoms with Gasteiger partial charge in [-0.15, -0.1) is 0 Å². The fourth-order valence-corrected chi connectivity index (χ4v) is 3.48. The van der Waals surface area contributed by atoms with Crippen LogP contribution in [0.3, 0.4) is 0 Å². The van der Waals surface area contributed by atoms with E-state index in [-0.39, 0.29) is 6.23 Å². The summed E-state index contributed by atoms with van der Waals surface area (Å²) < 4.78 is 8.36. The van der Waals surface area contributed by atoms with Crippen molar-refractivity contribution >= 4 is 11.0 Å². The molecule has 2 fully saturated rings. The van der Waals surface area contributed by atoms with E-state index in [9.17, 15) is 0 Å². The lowest BCUT2D eigenvalue weighted by Gasteiger charge is -2.15. The molecule has 3 unspecified atom stereocenters. The Balaban J connectivity index is 1.73. The van der Waals surface area contributed by atoms with Gasteiger partial charge in [0.15, 0.2) is 0 Å². The zero-order valence-corrected chi connectivity index (χ0v) is 10.5. The Kier molecular flexibility index (Phi) is 2.21. The summed E-state index contributed by atoms with van der Waals surface area (Å²) in [6, 6.07) is 2.10. The van der Waals surface area contributed by atoms with Crippen LogP contribution in [0.2, 0.25) is 0 Å². The third-order valence-corrected chi connectivity index (χ3v) is 4.44. The van der Waals surface area contributed by atoms with Gasteiger partial charge in [0.1, 0.15) is 18.2 Å². The SMILES string of the molecule is Cc1ncnc2c1ccn2C1CC2CCCC2O1. The summed E-state index contributed by atoms with van der Waals surface area (Å²) >= 11 is 0. The molecular weight excluding hydrogens is 226 g/mol. The molecule has 4 heteroatoms. The third-order valence-electron chi connectivity index (χ3n) is 4.44. The van der Waals surface area contributed by atoms with Crippen molar-refractivity contribution in [2.24, 2.45) is 5.92 Å². The number of ether oxygens (including phenoxy) is 1. The van der Waals surface area contributed by atoms with Crippen molar-refractivity contribution in [2.75, 3.05) is 0 Å². The van der Waals surface area contributed by atoms with Gasteiger partial charge in [0.05, 0.1) is 11.8 Å². The molecule has 4 nitrogen and oxygen atoms in total. The Hall–Kier alpha value is -1.42. The monoisotopic (exact) mass is 243 g/mol. The lowest BCUT2D eigenvalue weighted by Crippen LogP contribution is -2.10. The Morgan fingerprint density at radius 2 is 2.28 bits per heavy atom. The molecule has 3 heterocycles. The van der Waals surface area contributed by atoms with Crippen molar-refractivity contribution in [1.82, 2.24) is 14.5 Å². The van der Waals surface area contributed by atoms with Gasteiger partial charge < -0.3 is 9.30 Å². The summed E-state index contributed by atoms with van der Waals surface area (Å²) in [4.78, 5) is 8.65. The summed E-state index contributed by atoms with van der Waals surface area (Å²) in [5, 5.41) is 1.14. The largest absolute Gasteiger partial charge is 0.354 e. The van der Waals surface area contributed by atoms with E-state index in [4.69, 9.17) is 4.74 Å². The minimum Gasteiger partial charge on any atom is -0.354 e. The molecule has 2 aromatic rings. The first-order valence-corrected chi connectivity index (χ1v) is 6.76. The maximum atomic E-state index is 6.18. The van der Waals surface area contributed by atoms with Crippen LogP contribution in [0.4, 0.5) is 0 Å². The van der Waals surface area contributed by atoms with Gasteiger partial charge in [0.25, 0.3) is 0 Å². The predicted molar refractivity (Wildman–Crippen MR) is 68.1 cm³/mol. The maximum Gasteiger partial charge on any atom is 0.145 e. The number of aryl methyl sites for hydroxylation is 1. The number of rotatable bonds is 1. The highest BCUT2D eigenvalue weighted by Crippen LogP contribution is 2.43. The van der Waals surface area contributed by atoms with Gasteiger partial charge in [-0.2, -0.15) is 0 Å². The number of hydrogen-bond donors (Lipinski definition) is 0. The van der Waals surface area contributed by atoms with Crippen LogP contribution in [-0.2, 0) is 4.74 Å². The average molecular weight is 243 g/mol. The van der Waals surface area contributed by atoms with Gasteiger partial charge in [-0.05, 0) is 38.2 Å². The molecule has 3 atom stereocenters. The molecule has 1 aliphatic carbocycles. The smallest absolute Gasteiger partial charge is 0.145 e. The molecule has 0 radical (unpaired) electrons. The van der Waals surface area contributed by atoms with Crippen molar-refractivity contribution in [3.63, 3.8) is 0 Å². The second-order valence-electron chi connectivity index (χ2n) is 5.48. The summed E-state index contributed by atoms with van der Waals surface area (Å²) in [6.07, 6.45) is 9.42. The quantitative estimate of drug-likeness (QED) is 0.773. The van der Waals surface area contributed by atoms with Crippen molar-refractivity contribution in [2.45, 2.75) is 44.9 Å². The Bertz CT molecular complexity index is 580. The molecule has 0 spiro atoms. The highest BCUT2D eigenvalue weighted by Gasteiger charge is 2.39. The van der Waals surface area contributed by atoms with Gasteiger partial charge in [0, 0.05) is 11.6 Å². The maximum absolute atomic E-state index is 6.18. The van der Waals surface area contributed by atoms with E-state index in [0.29, 0.717) is 6.10 Å². The van der Waals surface area contributed by atoms with Crippen LogP contribution in [0.15, 0.2) is 18.6 Å². The van der Waals surface area contributed by atoms with E-state index in [1.807, 2.05) is 6.92 Å². The molecule has 0 bridgehead atoms. The topological polar surface area (TPSA) is 39.9 Å². The van der Waals surface area contributed by atoms with Crippen LogP contribution < -0.4 is 0 Å². The van der Waals surface area contributed by atoms with E-state index in [2.05, 4.69) is 26.8 Å². The first-order chi connectivity index (χ1) is 8.83. The number of fused-ring (bicyclic) bond motifs is 2. The minimum atomic E-state index is 0.173. The van der Waals surface area contributed by atoms with Crippen molar-refractivity contribution in [1.29, 1.82) is 0 Å². The second kappa shape index (κ2) is 3.79. The molecule has 1 aliphatic heterocycles. The average Bonchev–Trinajstić information content (AvgIpc) is 3.00. The molecular formula is C14H17N3O. The minimum absolute atomic E-state index is 0.173. The zero-order chi connectivity index (χ0) is 12.1. The highest BCUT2D eigenvalue weighted by molar-refractivity contribution is 5.78. The van der Waals surface area contributed by atoms with Gasteiger partial charge >= 0.3 is 0 Å². The number of aromatic nitrogens is 3. The number of nitrogens with zero attached hydrogens (tertiary/aromatic N) is 3. The van der Waals surface area contributed by atoms with Crippen LogP contribution in [-0.4, -0.2) is 20.6 Å². The first-order valence-electron chi connectivity index (χ1n) is 6.76. The lowest BCUT2D eigenvalue weighted by molar-refractivity contribution is 0.00201. The molecule has 0 N–H and O–H groups in total. The highest BCUT2D eigenvalue weighted by atomic mass is 16.5. The van der Waals surface area contributed by atoms with Crippen molar-refractivity contribution < 1.29 is 4.74 Å². The predicted octanol–water partition coefficient (Wildman–Crippen LogP) is 2.83. The van der Waals surface area contributed by atoms with Crippen LogP contribution in [0.5, 0.6) is 0 Å². The van der Waals surface area contributed by atoms with Gasteiger partial charge in [-0.1, -0.05) is 6.42 Å². The Morgan fingerprint density at radius 1 is 1.33 bits per heavy atom. The van der Waals surface area contributed by atoms with E-state index in [1.165, 1.54) is 19.3 Å². The molecule has 0 amide bonds. The fraction of sp³-hybridized carbons (Fsp3) is 0.571. The molecule has 18 heavy (non-hydrogen) atoms. The Labute approximate surface area is 106 Å².